The summed E-state index contributed by atoms with van der Waals surface area (Å²) in [7, 11) is 3.87. The molecule has 1 heterocycles. The number of amides is 5. The number of rotatable bonds is 7. The van der Waals surface area contributed by atoms with E-state index in [0.717, 1.165) is 16.2 Å². The molecule has 1 aliphatic heterocycles. The highest BCUT2D eigenvalue weighted by atomic mass is 16.2. The summed E-state index contributed by atoms with van der Waals surface area (Å²) in [5.74, 6) is -2.30. The number of hydrogen-bond acceptors (Lipinski definition) is 5. The highest BCUT2D eigenvalue weighted by Crippen LogP contribution is 2.14. The molecule has 0 spiro atoms. The standard InChI is InChI=1S/C18H24N4O4/c1-12(2)10-21-16(24)17(25)22(18(21)26)11-15(23)19-9-13-5-7-14(8-6-13)20(3)4/h5-8,12H,9-11H2,1-4H3,(H,19,23). The van der Waals surface area contributed by atoms with Gasteiger partial charge in [-0.2, -0.15) is 0 Å². The molecule has 0 bridgehead atoms. The number of urea groups is 1. The number of hydrogen-bond donors (Lipinski definition) is 1. The van der Waals surface area contributed by atoms with Crippen LogP contribution in [0.25, 0.3) is 0 Å². The van der Waals surface area contributed by atoms with Gasteiger partial charge in [0.15, 0.2) is 0 Å². The molecule has 1 aliphatic rings. The van der Waals surface area contributed by atoms with Crippen molar-refractivity contribution in [2.75, 3.05) is 32.1 Å². The fourth-order valence-electron chi connectivity index (χ4n) is 2.53. The van der Waals surface area contributed by atoms with Crippen LogP contribution in [0.2, 0.25) is 0 Å². The second-order valence-corrected chi connectivity index (χ2v) is 6.82. The van der Waals surface area contributed by atoms with Gasteiger partial charge < -0.3 is 10.2 Å². The van der Waals surface area contributed by atoms with Gasteiger partial charge in [0.2, 0.25) is 5.91 Å². The molecule has 8 nitrogen and oxygen atoms in total. The smallest absolute Gasteiger partial charge is 0.334 e. The molecule has 0 atom stereocenters. The summed E-state index contributed by atoms with van der Waals surface area (Å²) in [5, 5.41) is 2.66. The quantitative estimate of drug-likeness (QED) is 0.574. The van der Waals surface area contributed by atoms with E-state index in [1.165, 1.54) is 0 Å². The van der Waals surface area contributed by atoms with Gasteiger partial charge in [-0.05, 0) is 23.6 Å². The summed E-state index contributed by atoms with van der Waals surface area (Å²) in [6.45, 7) is 3.63. The molecular weight excluding hydrogens is 336 g/mol. The number of carbonyl (C=O) groups excluding carboxylic acids is 4. The van der Waals surface area contributed by atoms with Gasteiger partial charge in [-0.25, -0.2) is 9.69 Å². The predicted octanol–water partition coefficient (Wildman–Crippen LogP) is 0.816. The zero-order valence-corrected chi connectivity index (χ0v) is 15.5. The van der Waals surface area contributed by atoms with Crippen LogP contribution in [0.3, 0.4) is 0 Å². The van der Waals surface area contributed by atoms with E-state index in [4.69, 9.17) is 0 Å². The van der Waals surface area contributed by atoms with Crippen LogP contribution in [-0.2, 0) is 20.9 Å². The van der Waals surface area contributed by atoms with Crippen molar-refractivity contribution in [3.8, 4) is 0 Å². The van der Waals surface area contributed by atoms with Crippen LogP contribution in [0.5, 0.6) is 0 Å². The first-order valence-electron chi connectivity index (χ1n) is 8.41. The lowest BCUT2D eigenvalue weighted by molar-refractivity contribution is -0.144. The molecule has 26 heavy (non-hydrogen) atoms. The molecule has 0 aliphatic carbocycles. The second kappa shape index (κ2) is 7.99. The number of nitrogens with zero attached hydrogens (tertiary/aromatic N) is 3. The number of benzene rings is 1. The molecular formula is C18H24N4O4. The third-order valence-electron chi connectivity index (χ3n) is 3.93. The average molecular weight is 360 g/mol. The van der Waals surface area contributed by atoms with Crippen molar-refractivity contribution < 1.29 is 19.2 Å². The van der Waals surface area contributed by atoms with Crippen molar-refractivity contribution in [3.63, 3.8) is 0 Å². The number of imide groups is 2. The molecule has 2 rings (SSSR count). The summed E-state index contributed by atoms with van der Waals surface area (Å²) < 4.78 is 0. The topological polar surface area (TPSA) is 90.0 Å². The van der Waals surface area contributed by atoms with Gasteiger partial charge in [-0.1, -0.05) is 26.0 Å². The second-order valence-electron chi connectivity index (χ2n) is 6.82. The first-order valence-corrected chi connectivity index (χ1v) is 8.41. The van der Waals surface area contributed by atoms with Gasteiger partial charge in [0, 0.05) is 32.9 Å². The van der Waals surface area contributed by atoms with E-state index >= 15 is 0 Å². The average Bonchev–Trinajstić information content (AvgIpc) is 2.78. The Hall–Kier alpha value is -2.90. The fraction of sp³-hybridized carbons (Fsp3) is 0.444. The van der Waals surface area contributed by atoms with Crippen LogP contribution in [-0.4, -0.2) is 60.7 Å². The minimum Gasteiger partial charge on any atom is -0.378 e. The predicted molar refractivity (Wildman–Crippen MR) is 96.3 cm³/mol. The molecule has 0 aromatic heterocycles. The summed E-state index contributed by atoms with van der Waals surface area (Å²) in [6, 6.07) is 6.89. The molecule has 1 aromatic carbocycles. The van der Waals surface area contributed by atoms with E-state index in [0.29, 0.717) is 4.90 Å². The van der Waals surface area contributed by atoms with E-state index < -0.39 is 30.3 Å². The van der Waals surface area contributed by atoms with E-state index in [-0.39, 0.29) is 19.0 Å². The van der Waals surface area contributed by atoms with E-state index in [2.05, 4.69) is 5.32 Å². The van der Waals surface area contributed by atoms with Gasteiger partial charge in [0.25, 0.3) is 0 Å². The molecule has 0 unspecified atom stereocenters. The lowest BCUT2D eigenvalue weighted by atomic mass is 10.2. The van der Waals surface area contributed by atoms with Crippen molar-refractivity contribution in [1.82, 2.24) is 15.1 Å². The van der Waals surface area contributed by atoms with Gasteiger partial charge >= 0.3 is 17.8 Å². The van der Waals surface area contributed by atoms with Crippen LogP contribution in [0.15, 0.2) is 24.3 Å². The van der Waals surface area contributed by atoms with Crippen LogP contribution < -0.4 is 10.2 Å². The molecule has 0 saturated carbocycles. The van der Waals surface area contributed by atoms with Crippen molar-refractivity contribution in [1.29, 1.82) is 0 Å². The van der Waals surface area contributed by atoms with Gasteiger partial charge in [0.1, 0.15) is 6.54 Å². The van der Waals surface area contributed by atoms with Crippen molar-refractivity contribution in [3.05, 3.63) is 29.8 Å². The Balaban J connectivity index is 1.92. The largest absolute Gasteiger partial charge is 0.378 e. The Morgan fingerprint density at radius 3 is 2.15 bits per heavy atom. The van der Waals surface area contributed by atoms with Crippen LogP contribution in [0.1, 0.15) is 19.4 Å². The SMILES string of the molecule is CC(C)CN1C(=O)C(=O)N(CC(=O)NCc2ccc(N(C)C)cc2)C1=O. The van der Waals surface area contributed by atoms with E-state index in [9.17, 15) is 19.2 Å². The molecule has 0 radical (unpaired) electrons. The lowest BCUT2D eigenvalue weighted by Gasteiger charge is -2.17. The van der Waals surface area contributed by atoms with Gasteiger partial charge in [-0.3, -0.25) is 19.3 Å². The minimum absolute atomic E-state index is 0.0367. The first kappa shape index (κ1) is 19.4. The zero-order valence-electron chi connectivity index (χ0n) is 15.5. The summed E-state index contributed by atoms with van der Waals surface area (Å²) in [6.07, 6.45) is 0. The summed E-state index contributed by atoms with van der Waals surface area (Å²) >= 11 is 0. The molecule has 8 heteroatoms. The summed E-state index contributed by atoms with van der Waals surface area (Å²) in [4.78, 5) is 51.7. The molecule has 5 amide bonds. The van der Waals surface area contributed by atoms with Gasteiger partial charge in [-0.15, -0.1) is 0 Å². The number of anilines is 1. The Morgan fingerprint density at radius 2 is 1.62 bits per heavy atom. The van der Waals surface area contributed by atoms with E-state index in [1.807, 2.05) is 57.1 Å². The number of carbonyl (C=O) groups is 4. The summed E-state index contributed by atoms with van der Waals surface area (Å²) in [5.41, 5.74) is 1.93. The Labute approximate surface area is 152 Å². The minimum atomic E-state index is -0.957. The molecule has 1 saturated heterocycles. The maximum atomic E-state index is 12.2. The Bertz CT molecular complexity index is 712. The maximum absolute atomic E-state index is 12.2. The fourth-order valence-corrected chi connectivity index (χ4v) is 2.53. The molecule has 1 aromatic rings. The third kappa shape index (κ3) is 4.38. The monoisotopic (exact) mass is 360 g/mol. The highest BCUT2D eigenvalue weighted by molar-refractivity contribution is 6.45. The molecule has 1 fully saturated rings. The Morgan fingerprint density at radius 1 is 1.04 bits per heavy atom. The van der Waals surface area contributed by atoms with Crippen molar-refractivity contribution in [2.24, 2.45) is 5.92 Å². The normalized spacial score (nSPS) is 14.4. The van der Waals surface area contributed by atoms with Crippen LogP contribution >= 0.6 is 0 Å². The maximum Gasteiger partial charge on any atom is 0.334 e. The first-order chi connectivity index (χ1) is 12.2. The lowest BCUT2D eigenvalue weighted by Crippen LogP contribution is -2.41. The number of nitrogens with one attached hydrogen (secondary N) is 1. The molecule has 140 valence electrons. The van der Waals surface area contributed by atoms with Crippen molar-refractivity contribution in [2.45, 2.75) is 20.4 Å². The van der Waals surface area contributed by atoms with Crippen molar-refractivity contribution >= 4 is 29.4 Å². The van der Waals surface area contributed by atoms with E-state index in [1.54, 1.807) is 0 Å². The Kier molecular flexibility index (Phi) is 5.97. The van der Waals surface area contributed by atoms with Crippen LogP contribution in [0.4, 0.5) is 10.5 Å². The highest BCUT2D eigenvalue weighted by Gasteiger charge is 2.45. The molecule has 1 N–H and O–H groups in total. The van der Waals surface area contributed by atoms with Crippen LogP contribution in [0, 0.1) is 5.92 Å². The van der Waals surface area contributed by atoms with Gasteiger partial charge in [0.05, 0.1) is 0 Å². The third-order valence-corrected chi connectivity index (χ3v) is 3.93. The zero-order chi connectivity index (χ0) is 19.4.